The highest BCUT2D eigenvalue weighted by Gasteiger charge is 2.30. The number of hydrogen-bond acceptors (Lipinski definition) is 3. The first-order valence-corrected chi connectivity index (χ1v) is 9.43. The number of ketones is 1. The van der Waals surface area contributed by atoms with Crippen LogP contribution < -0.4 is 9.64 Å². The van der Waals surface area contributed by atoms with Crippen molar-refractivity contribution in [3.8, 4) is 5.75 Å². The van der Waals surface area contributed by atoms with Crippen molar-refractivity contribution in [2.24, 2.45) is 5.92 Å². The highest BCUT2D eigenvalue weighted by molar-refractivity contribution is 5.98. The maximum Gasteiger partial charge on any atom is 0.324 e. The van der Waals surface area contributed by atoms with Crippen LogP contribution in [-0.2, 0) is 0 Å². The number of methoxy groups -OCH3 is 1. The number of ether oxygens (including phenoxy) is 1. The number of carbonyl (C=O) groups excluding carboxylic acids is 2. The van der Waals surface area contributed by atoms with E-state index in [0.717, 1.165) is 17.0 Å². The number of anilines is 1. The molecule has 2 aromatic rings. The monoisotopic (exact) mass is 366 g/mol. The molecule has 5 heteroatoms. The number of Topliss-reactive ketones (excluding diaryl/α,β-unsaturated/α-hetero) is 1. The lowest BCUT2D eigenvalue weighted by Crippen LogP contribution is -2.47. The average Bonchev–Trinajstić information content (AvgIpc) is 2.75. The largest absolute Gasteiger partial charge is 0.497 e. The zero-order valence-electron chi connectivity index (χ0n) is 15.9. The third-order valence-corrected chi connectivity index (χ3v) is 5.13. The summed E-state index contributed by atoms with van der Waals surface area (Å²) in [6.07, 6.45) is 1.42. The number of piperidine rings is 1. The van der Waals surface area contributed by atoms with Crippen molar-refractivity contribution in [3.63, 3.8) is 0 Å². The third-order valence-electron chi connectivity index (χ3n) is 5.13. The van der Waals surface area contributed by atoms with E-state index in [1.54, 1.807) is 12.0 Å². The van der Waals surface area contributed by atoms with Crippen molar-refractivity contribution in [2.45, 2.75) is 19.8 Å². The molecule has 0 aliphatic carbocycles. The molecule has 1 saturated heterocycles. The molecule has 0 atom stereocenters. The van der Waals surface area contributed by atoms with Gasteiger partial charge in [0, 0.05) is 36.8 Å². The second-order valence-corrected chi connectivity index (χ2v) is 6.72. The Kier molecular flexibility index (Phi) is 6.12. The number of rotatable bonds is 5. The smallest absolute Gasteiger partial charge is 0.324 e. The van der Waals surface area contributed by atoms with Gasteiger partial charge in [0.05, 0.1) is 7.11 Å². The molecule has 0 unspecified atom stereocenters. The van der Waals surface area contributed by atoms with Crippen molar-refractivity contribution in [1.29, 1.82) is 0 Å². The van der Waals surface area contributed by atoms with Crippen LogP contribution in [0.25, 0.3) is 0 Å². The van der Waals surface area contributed by atoms with Crippen molar-refractivity contribution >= 4 is 17.5 Å². The molecule has 0 N–H and O–H groups in total. The van der Waals surface area contributed by atoms with Gasteiger partial charge in [-0.1, -0.05) is 30.3 Å². The quantitative estimate of drug-likeness (QED) is 0.744. The van der Waals surface area contributed by atoms with Crippen LogP contribution in [0.5, 0.6) is 5.75 Å². The third kappa shape index (κ3) is 4.30. The second-order valence-electron chi connectivity index (χ2n) is 6.72. The van der Waals surface area contributed by atoms with Gasteiger partial charge in [-0.3, -0.25) is 9.69 Å². The lowest BCUT2D eigenvalue weighted by molar-refractivity contribution is 0.0857. The van der Waals surface area contributed by atoms with Gasteiger partial charge in [-0.15, -0.1) is 0 Å². The van der Waals surface area contributed by atoms with E-state index >= 15 is 0 Å². The average molecular weight is 366 g/mol. The Hall–Kier alpha value is -2.82. The first kappa shape index (κ1) is 19.0. The molecule has 2 amide bonds. The Labute approximate surface area is 160 Å². The van der Waals surface area contributed by atoms with E-state index in [1.165, 1.54) is 0 Å². The molecule has 142 valence electrons. The maximum absolute atomic E-state index is 13.0. The molecule has 3 rings (SSSR count). The highest BCUT2D eigenvalue weighted by atomic mass is 16.5. The summed E-state index contributed by atoms with van der Waals surface area (Å²) in [6.45, 7) is 3.77. The first-order chi connectivity index (χ1) is 13.1. The molecule has 1 aliphatic rings. The van der Waals surface area contributed by atoms with Gasteiger partial charge >= 0.3 is 6.03 Å². The fourth-order valence-corrected chi connectivity index (χ4v) is 3.53. The zero-order chi connectivity index (χ0) is 19.2. The zero-order valence-corrected chi connectivity index (χ0v) is 15.9. The molecule has 0 bridgehead atoms. The van der Waals surface area contributed by atoms with Gasteiger partial charge in [0.2, 0.25) is 0 Å². The molecule has 0 radical (unpaired) electrons. The van der Waals surface area contributed by atoms with E-state index in [9.17, 15) is 9.59 Å². The molecule has 1 aliphatic heterocycles. The van der Waals surface area contributed by atoms with Crippen LogP contribution in [0, 0.1) is 5.92 Å². The van der Waals surface area contributed by atoms with E-state index in [-0.39, 0.29) is 17.7 Å². The van der Waals surface area contributed by atoms with Gasteiger partial charge in [0.15, 0.2) is 5.78 Å². The number of urea groups is 1. The Balaban J connectivity index is 1.62. The van der Waals surface area contributed by atoms with Crippen molar-refractivity contribution in [1.82, 2.24) is 4.90 Å². The fourth-order valence-electron chi connectivity index (χ4n) is 3.53. The van der Waals surface area contributed by atoms with Crippen LogP contribution >= 0.6 is 0 Å². The van der Waals surface area contributed by atoms with E-state index < -0.39 is 0 Å². The predicted octanol–water partition coefficient (Wildman–Crippen LogP) is 4.24. The van der Waals surface area contributed by atoms with Gasteiger partial charge in [-0.2, -0.15) is 0 Å². The summed E-state index contributed by atoms with van der Waals surface area (Å²) >= 11 is 0. The molecule has 27 heavy (non-hydrogen) atoms. The molecule has 2 aromatic carbocycles. The van der Waals surface area contributed by atoms with Gasteiger partial charge in [0.25, 0.3) is 0 Å². The maximum atomic E-state index is 13.0. The minimum atomic E-state index is -0.00693. The van der Waals surface area contributed by atoms with E-state index in [4.69, 9.17) is 4.74 Å². The normalized spacial score (nSPS) is 14.7. The Morgan fingerprint density at radius 1 is 1.04 bits per heavy atom. The standard InChI is InChI=1S/C22H26N2O3/c1-3-24(19-9-11-20(27-2)12-10-19)22(26)23-15-13-18(14-16-23)21(25)17-7-5-4-6-8-17/h4-12,18H,3,13-16H2,1-2H3. The van der Waals surface area contributed by atoms with Crippen LogP contribution in [0.4, 0.5) is 10.5 Å². The van der Waals surface area contributed by atoms with Crippen molar-refractivity contribution in [2.75, 3.05) is 31.6 Å². The van der Waals surface area contributed by atoms with Crippen LogP contribution in [0.15, 0.2) is 54.6 Å². The summed E-state index contributed by atoms with van der Waals surface area (Å²) in [6, 6.07) is 16.9. The number of carbonyl (C=O) groups is 2. The van der Waals surface area contributed by atoms with Crippen LogP contribution in [-0.4, -0.2) is 43.5 Å². The summed E-state index contributed by atoms with van der Waals surface area (Å²) in [5.74, 6) is 0.945. The lowest BCUT2D eigenvalue weighted by Gasteiger charge is -2.35. The Morgan fingerprint density at radius 3 is 2.22 bits per heavy atom. The van der Waals surface area contributed by atoms with E-state index in [2.05, 4.69) is 0 Å². The van der Waals surface area contributed by atoms with Crippen LogP contribution in [0.2, 0.25) is 0 Å². The van der Waals surface area contributed by atoms with Crippen LogP contribution in [0.3, 0.4) is 0 Å². The Bertz CT molecular complexity index is 766. The van der Waals surface area contributed by atoms with Crippen molar-refractivity contribution in [3.05, 3.63) is 60.2 Å². The number of amides is 2. The lowest BCUT2D eigenvalue weighted by atomic mass is 9.89. The minimum Gasteiger partial charge on any atom is -0.497 e. The van der Waals surface area contributed by atoms with E-state index in [1.807, 2.05) is 66.4 Å². The highest BCUT2D eigenvalue weighted by Crippen LogP contribution is 2.25. The van der Waals surface area contributed by atoms with Crippen LogP contribution in [0.1, 0.15) is 30.1 Å². The summed E-state index contributed by atoms with van der Waals surface area (Å²) < 4.78 is 5.18. The molecule has 0 aromatic heterocycles. The summed E-state index contributed by atoms with van der Waals surface area (Å²) in [5, 5.41) is 0. The molecule has 0 spiro atoms. The van der Waals surface area contributed by atoms with E-state index in [0.29, 0.717) is 32.5 Å². The Morgan fingerprint density at radius 2 is 1.67 bits per heavy atom. The number of hydrogen-bond donors (Lipinski definition) is 0. The molecular weight excluding hydrogens is 340 g/mol. The number of benzene rings is 2. The van der Waals surface area contributed by atoms with Gasteiger partial charge in [-0.05, 0) is 44.0 Å². The predicted molar refractivity (Wildman–Crippen MR) is 106 cm³/mol. The number of likely N-dealkylation sites (tertiary alicyclic amines) is 1. The van der Waals surface area contributed by atoms with Crippen molar-refractivity contribution < 1.29 is 14.3 Å². The molecule has 1 heterocycles. The summed E-state index contributed by atoms with van der Waals surface area (Å²) in [4.78, 5) is 29.2. The topological polar surface area (TPSA) is 49.9 Å². The molecular formula is C22H26N2O3. The molecule has 5 nitrogen and oxygen atoms in total. The summed E-state index contributed by atoms with van der Waals surface area (Å²) in [5.41, 5.74) is 1.61. The van der Waals surface area contributed by atoms with Gasteiger partial charge in [-0.25, -0.2) is 4.79 Å². The minimum absolute atomic E-state index is 0.00623. The first-order valence-electron chi connectivity index (χ1n) is 9.43. The van der Waals surface area contributed by atoms with Gasteiger partial charge in [0.1, 0.15) is 5.75 Å². The number of nitrogens with zero attached hydrogens (tertiary/aromatic N) is 2. The van der Waals surface area contributed by atoms with Gasteiger partial charge < -0.3 is 9.64 Å². The summed E-state index contributed by atoms with van der Waals surface area (Å²) in [7, 11) is 1.62. The second kappa shape index (κ2) is 8.71. The fraction of sp³-hybridized carbons (Fsp3) is 0.364. The molecule has 1 fully saturated rings. The molecule has 0 saturated carbocycles. The SMILES string of the molecule is CCN(C(=O)N1CCC(C(=O)c2ccccc2)CC1)c1ccc(OC)cc1.